The number of hydrogen-bond acceptors (Lipinski definition) is 5. The Bertz CT molecular complexity index is 508. The van der Waals surface area contributed by atoms with Crippen molar-refractivity contribution in [2.24, 2.45) is 5.92 Å². The van der Waals surface area contributed by atoms with Gasteiger partial charge in [0.25, 0.3) is 0 Å². The maximum Gasteiger partial charge on any atom is 0.225 e. The summed E-state index contributed by atoms with van der Waals surface area (Å²) in [5.74, 6) is 0.965. The summed E-state index contributed by atoms with van der Waals surface area (Å²) in [7, 11) is 0. The molecule has 0 bridgehead atoms. The Morgan fingerprint density at radius 2 is 2.19 bits per heavy atom. The molecule has 3 fully saturated rings. The van der Waals surface area contributed by atoms with Crippen LogP contribution in [0.1, 0.15) is 25.7 Å². The van der Waals surface area contributed by atoms with E-state index in [-0.39, 0.29) is 11.7 Å². The third-order valence-electron chi connectivity index (χ3n) is 4.65. The second-order valence-corrected chi connectivity index (χ2v) is 6.47. The zero-order valence-corrected chi connectivity index (χ0v) is 12.0. The van der Waals surface area contributed by atoms with Crippen LogP contribution in [0, 0.1) is 11.7 Å². The minimum absolute atomic E-state index is 0.133. The van der Waals surface area contributed by atoms with Gasteiger partial charge in [0.15, 0.2) is 5.82 Å². The van der Waals surface area contributed by atoms with Crippen LogP contribution in [0.25, 0.3) is 0 Å². The van der Waals surface area contributed by atoms with Gasteiger partial charge in [0.05, 0.1) is 37.3 Å². The van der Waals surface area contributed by atoms with E-state index in [9.17, 15) is 4.39 Å². The van der Waals surface area contributed by atoms with Crippen molar-refractivity contribution in [1.82, 2.24) is 9.97 Å². The molecule has 0 amide bonds. The van der Waals surface area contributed by atoms with E-state index < -0.39 is 5.82 Å². The van der Waals surface area contributed by atoms with Gasteiger partial charge in [-0.3, -0.25) is 0 Å². The lowest BCUT2D eigenvalue weighted by Crippen LogP contribution is -2.33. The van der Waals surface area contributed by atoms with E-state index in [0.29, 0.717) is 12.6 Å². The number of hydrogen-bond donors (Lipinski definition) is 0. The molecule has 1 aromatic heterocycles. The first-order valence-electron chi connectivity index (χ1n) is 7.71. The Hall–Kier alpha value is -1.27. The Balaban J connectivity index is 1.35. The molecule has 5 nitrogen and oxygen atoms in total. The molecule has 1 aliphatic carbocycles. The highest BCUT2D eigenvalue weighted by molar-refractivity contribution is 5.33. The molecule has 21 heavy (non-hydrogen) atoms. The minimum atomic E-state index is -0.404. The first-order chi connectivity index (χ1) is 10.2. The van der Waals surface area contributed by atoms with Crippen molar-refractivity contribution in [3.05, 3.63) is 18.2 Å². The van der Waals surface area contributed by atoms with Crippen LogP contribution in [0.2, 0.25) is 0 Å². The summed E-state index contributed by atoms with van der Waals surface area (Å²) in [5.41, 5.74) is -0.133. The highest BCUT2D eigenvalue weighted by Gasteiger charge is 2.46. The lowest BCUT2D eigenvalue weighted by molar-refractivity contribution is 0.00755. The average Bonchev–Trinajstić information content (AvgIpc) is 3.11. The average molecular weight is 293 g/mol. The molecule has 0 unspecified atom stereocenters. The molecule has 2 saturated heterocycles. The Labute approximate surface area is 123 Å². The van der Waals surface area contributed by atoms with Crippen LogP contribution < -0.4 is 4.90 Å². The predicted octanol–water partition coefficient (Wildman–Crippen LogP) is 1.78. The topological polar surface area (TPSA) is 47.5 Å². The Morgan fingerprint density at radius 1 is 1.38 bits per heavy atom. The molecule has 2 aliphatic heterocycles. The van der Waals surface area contributed by atoms with Gasteiger partial charge in [0, 0.05) is 19.6 Å². The van der Waals surface area contributed by atoms with Gasteiger partial charge in [-0.15, -0.1) is 0 Å². The normalized spacial score (nSPS) is 32.2. The zero-order chi connectivity index (χ0) is 14.3. The zero-order valence-electron chi connectivity index (χ0n) is 12.0. The van der Waals surface area contributed by atoms with Crippen LogP contribution in [-0.4, -0.2) is 48.0 Å². The van der Waals surface area contributed by atoms with Crippen LogP contribution in [0.3, 0.4) is 0 Å². The number of aromatic nitrogens is 2. The van der Waals surface area contributed by atoms with Gasteiger partial charge in [-0.25, -0.2) is 14.4 Å². The lowest BCUT2D eigenvalue weighted by Gasteiger charge is -2.23. The van der Waals surface area contributed by atoms with Crippen molar-refractivity contribution in [2.75, 3.05) is 31.2 Å². The largest absolute Gasteiger partial charge is 0.375 e. The van der Waals surface area contributed by atoms with Crippen LogP contribution in [-0.2, 0) is 9.47 Å². The quantitative estimate of drug-likeness (QED) is 0.847. The monoisotopic (exact) mass is 293 g/mol. The van der Waals surface area contributed by atoms with Crippen molar-refractivity contribution < 1.29 is 13.9 Å². The summed E-state index contributed by atoms with van der Waals surface area (Å²) in [5, 5.41) is 0. The smallest absolute Gasteiger partial charge is 0.225 e. The van der Waals surface area contributed by atoms with Crippen molar-refractivity contribution >= 4 is 5.95 Å². The fraction of sp³-hybridized carbons (Fsp3) is 0.733. The first-order valence-corrected chi connectivity index (χ1v) is 7.71. The predicted molar refractivity (Wildman–Crippen MR) is 74.6 cm³/mol. The highest BCUT2D eigenvalue weighted by Crippen LogP contribution is 2.38. The van der Waals surface area contributed by atoms with Gasteiger partial charge in [-0.2, -0.15) is 0 Å². The van der Waals surface area contributed by atoms with Crippen molar-refractivity contribution in [3.63, 3.8) is 0 Å². The molecule has 4 rings (SSSR count). The number of nitrogens with zero attached hydrogens (tertiary/aromatic N) is 3. The van der Waals surface area contributed by atoms with Crippen LogP contribution >= 0.6 is 0 Å². The number of rotatable bonds is 4. The van der Waals surface area contributed by atoms with E-state index in [4.69, 9.17) is 9.47 Å². The molecule has 114 valence electrons. The van der Waals surface area contributed by atoms with Crippen molar-refractivity contribution in [3.8, 4) is 0 Å². The van der Waals surface area contributed by atoms with E-state index in [1.165, 1.54) is 25.2 Å². The molecule has 0 radical (unpaired) electrons. The van der Waals surface area contributed by atoms with Crippen LogP contribution in [0.15, 0.2) is 12.4 Å². The maximum atomic E-state index is 12.9. The van der Waals surface area contributed by atoms with Gasteiger partial charge in [-0.05, 0) is 25.2 Å². The van der Waals surface area contributed by atoms with E-state index in [0.717, 1.165) is 38.5 Å². The Kier molecular flexibility index (Phi) is 3.30. The third-order valence-corrected chi connectivity index (χ3v) is 4.65. The molecule has 1 aromatic rings. The SMILES string of the molecule is Fc1cnc(N2CC[C@]3(C[C@@H](OCC4CC4)CO3)C2)nc1. The van der Waals surface area contributed by atoms with Crippen molar-refractivity contribution in [2.45, 2.75) is 37.4 Å². The molecule has 3 heterocycles. The number of ether oxygens (including phenoxy) is 2. The third kappa shape index (κ3) is 2.87. The molecule has 0 N–H and O–H groups in total. The molecule has 2 atom stereocenters. The lowest BCUT2D eigenvalue weighted by atomic mass is 9.98. The molecule has 3 aliphatic rings. The van der Waals surface area contributed by atoms with Crippen molar-refractivity contribution in [1.29, 1.82) is 0 Å². The summed E-state index contributed by atoms with van der Waals surface area (Å²) in [6.45, 7) is 3.18. The molecular weight excluding hydrogens is 273 g/mol. The summed E-state index contributed by atoms with van der Waals surface area (Å²) in [6.07, 6.45) is 7.17. The fourth-order valence-electron chi connectivity index (χ4n) is 3.23. The summed E-state index contributed by atoms with van der Waals surface area (Å²) < 4.78 is 24.9. The minimum Gasteiger partial charge on any atom is -0.375 e. The van der Waals surface area contributed by atoms with Crippen LogP contribution in [0.4, 0.5) is 10.3 Å². The second-order valence-electron chi connectivity index (χ2n) is 6.47. The first kappa shape index (κ1) is 13.4. The molecule has 1 saturated carbocycles. The van der Waals surface area contributed by atoms with Gasteiger partial charge in [0.2, 0.25) is 5.95 Å². The second kappa shape index (κ2) is 5.18. The standard InChI is InChI=1S/C15H20FN3O2/c16-12-6-17-14(18-7-12)19-4-3-15(10-19)5-13(9-21-15)20-8-11-1-2-11/h6-7,11,13H,1-5,8-10H2/t13-,15+/m1/s1. The van der Waals surface area contributed by atoms with Gasteiger partial charge in [-0.1, -0.05) is 0 Å². The maximum absolute atomic E-state index is 12.9. The van der Waals surface area contributed by atoms with Gasteiger partial charge in [0.1, 0.15) is 0 Å². The molecular formula is C15H20FN3O2. The Morgan fingerprint density at radius 3 is 2.95 bits per heavy atom. The summed E-state index contributed by atoms with van der Waals surface area (Å²) in [6, 6.07) is 0. The summed E-state index contributed by atoms with van der Waals surface area (Å²) >= 11 is 0. The molecule has 1 spiro atoms. The van der Waals surface area contributed by atoms with Gasteiger partial charge >= 0.3 is 0 Å². The number of halogens is 1. The van der Waals surface area contributed by atoms with Crippen LogP contribution in [0.5, 0.6) is 0 Å². The van der Waals surface area contributed by atoms with Gasteiger partial charge < -0.3 is 14.4 Å². The van der Waals surface area contributed by atoms with E-state index >= 15 is 0 Å². The van der Waals surface area contributed by atoms with E-state index in [2.05, 4.69) is 14.9 Å². The highest BCUT2D eigenvalue weighted by atomic mass is 19.1. The molecule has 0 aromatic carbocycles. The fourth-order valence-corrected chi connectivity index (χ4v) is 3.23. The van der Waals surface area contributed by atoms with E-state index in [1.54, 1.807) is 0 Å². The van der Waals surface area contributed by atoms with E-state index in [1.807, 2.05) is 0 Å². The number of anilines is 1. The summed E-state index contributed by atoms with van der Waals surface area (Å²) in [4.78, 5) is 10.2. The molecule has 6 heteroatoms.